The third kappa shape index (κ3) is 13.5. The van der Waals surface area contributed by atoms with Crippen LogP contribution in [0.1, 0.15) is 72.8 Å². The topological polar surface area (TPSA) is 464 Å². The van der Waals surface area contributed by atoms with Gasteiger partial charge in [0, 0.05) is 72.7 Å². The summed E-state index contributed by atoms with van der Waals surface area (Å²) in [5, 5.41) is 20.7. The third-order valence-corrected chi connectivity index (χ3v) is 15.8. The number of nitrogens with one attached hydrogen (secondary N) is 4. The number of ether oxygens (including phenoxy) is 4. The second-order valence-corrected chi connectivity index (χ2v) is 22.6. The number of rotatable bonds is 20. The molecule has 37 heteroatoms. The minimum Gasteiger partial charge on any atom is -0.394 e. The number of phosphoric ester groups is 3. The van der Waals surface area contributed by atoms with E-state index in [1.165, 1.54) is 40.1 Å². The zero-order chi connectivity index (χ0) is 56.1. The average Bonchev–Trinajstić information content (AvgIpc) is 4.16. The highest BCUT2D eigenvalue weighted by molar-refractivity contribution is 7.48. The lowest BCUT2D eigenvalue weighted by atomic mass is 10.2. The van der Waals surface area contributed by atoms with Crippen molar-refractivity contribution in [1.82, 2.24) is 38.2 Å². The highest BCUT2D eigenvalue weighted by Gasteiger charge is 2.48. The molecule has 4 aromatic rings. The standard InChI is InChI=1S/C40H53N8O26P3/c1-17-9-45(37(55)41-33(17)51)29-5-21(50)26(69-29)14-65-75(59,60)73-23-7-31(47-11-19(3)35(53)43-39(47)57)71-28(23)16-67-77(63,64)74-24-8-32(48-12-20(4)36(54)44-40(48)58)70-27(24)15-66-76(61,62)72-22-6-30(68-25(22)13-49)46-10-18(2)34(52)42-38(46)56/h9-12,21-32,49-50H,5-8,13-16H2,1-4H3,(H,59,60)(H,61,62)(H,63,64)(H,41,51,55)(H,42,52,56)(H,43,53,57)(H,44,54,58)/t21-,22-,23-,24-,25+,26+,27+,28+,29+,30+,31+,32+/m0/s1. The zero-order valence-corrected chi connectivity index (χ0v) is 43.5. The van der Waals surface area contributed by atoms with Gasteiger partial charge in [-0.1, -0.05) is 0 Å². The Kier molecular flexibility index (Phi) is 17.2. The molecule has 15 atom stereocenters. The summed E-state index contributed by atoms with van der Waals surface area (Å²) in [6.07, 6.45) is -14.0. The molecule has 0 bridgehead atoms. The summed E-state index contributed by atoms with van der Waals surface area (Å²) in [5.41, 5.74) is -6.21. The summed E-state index contributed by atoms with van der Waals surface area (Å²) in [6, 6.07) is 0. The molecule has 77 heavy (non-hydrogen) atoms. The minimum absolute atomic E-state index is 0.0298. The van der Waals surface area contributed by atoms with Gasteiger partial charge in [-0.3, -0.25) is 84.5 Å². The summed E-state index contributed by atoms with van der Waals surface area (Å²) in [7, 11) is -15.9. The average molecular weight is 1150 g/mol. The van der Waals surface area contributed by atoms with Gasteiger partial charge in [-0.05, 0) is 27.7 Å². The van der Waals surface area contributed by atoms with Crippen molar-refractivity contribution in [2.24, 2.45) is 0 Å². The van der Waals surface area contributed by atoms with Gasteiger partial charge < -0.3 is 43.8 Å². The minimum atomic E-state index is -5.44. The van der Waals surface area contributed by atoms with E-state index in [1.807, 2.05) is 0 Å². The van der Waals surface area contributed by atoms with Crippen LogP contribution in [0, 0.1) is 27.7 Å². The fourth-order valence-electron chi connectivity index (χ4n) is 8.75. The van der Waals surface area contributed by atoms with Gasteiger partial charge in [0.05, 0.1) is 32.5 Å². The largest absolute Gasteiger partial charge is 0.472 e. The number of hydrogen-bond acceptors (Lipinski definition) is 23. The van der Waals surface area contributed by atoms with Gasteiger partial charge in [-0.15, -0.1) is 0 Å². The number of aromatic nitrogens is 8. The molecule has 8 rings (SSSR count). The molecular formula is C40H53N8O26P3. The number of H-pyrrole nitrogens is 4. The third-order valence-electron chi connectivity index (χ3n) is 12.8. The van der Waals surface area contributed by atoms with Crippen LogP contribution in [0.5, 0.6) is 0 Å². The van der Waals surface area contributed by atoms with Gasteiger partial charge in [0.25, 0.3) is 22.2 Å². The van der Waals surface area contributed by atoms with Gasteiger partial charge in [0.1, 0.15) is 67.6 Å². The maximum atomic E-state index is 13.8. The lowest BCUT2D eigenvalue weighted by molar-refractivity contribution is -0.0640. The Bertz CT molecular complexity index is 3510. The molecule has 9 N–H and O–H groups in total. The summed E-state index contributed by atoms with van der Waals surface area (Å²) >= 11 is 0. The fraction of sp³-hybridized carbons (Fsp3) is 0.600. The highest BCUT2D eigenvalue weighted by Crippen LogP contribution is 2.53. The lowest BCUT2D eigenvalue weighted by Gasteiger charge is -2.25. The van der Waals surface area contributed by atoms with Crippen LogP contribution in [0.4, 0.5) is 0 Å². The number of aromatic amines is 4. The van der Waals surface area contributed by atoms with E-state index in [0.717, 1.165) is 30.7 Å². The monoisotopic (exact) mass is 1150 g/mol. The van der Waals surface area contributed by atoms with Crippen LogP contribution < -0.4 is 45.0 Å². The van der Waals surface area contributed by atoms with Crippen molar-refractivity contribution in [3.8, 4) is 0 Å². The Morgan fingerprint density at radius 1 is 0.468 bits per heavy atom. The molecule has 0 saturated carbocycles. The first kappa shape index (κ1) is 58.0. The Morgan fingerprint density at radius 3 is 1.04 bits per heavy atom. The molecule has 0 radical (unpaired) electrons. The molecule has 4 aromatic heterocycles. The second-order valence-electron chi connectivity index (χ2n) is 18.3. The quantitative estimate of drug-likeness (QED) is 0.0411. The van der Waals surface area contributed by atoms with Crippen LogP contribution in [0.15, 0.2) is 63.1 Å². The van der Waals surface area contributed by atoms with Crippen molar-refractivity contribution >= 4 is 23.5 Å². The van der Waals surface area contributed by atoms with Gasteiger partial charge in [0.2, 0.25) is 0 Å². The van der Waals surface area contributed by atoms with Gasteiger partial charge >= 0.3 is 46.2 Å². The molecule has 0 aliphatic carbocycles. The van der Waals surface area contributed by atoms with E-state index in [0.29, 0.717) is 0 Å². The van der Waals surface area contributed by atoms with Crippen molar-refractivity contribution < 1.29 is 84.7 Å². The normalized spacial score (nSPS) is 29.8. The maximum absolute atomic E-state index is 13.8. The second kappa shape index (κ2) is 22.9. The van der Waals surface area contributed by atoms with Crippen LogP contribution in [-0.2, 0) is 59.8 Å². The first-order chi connectivity index (χ1) is 36.1. The molecule has 8 heterocycles. The van der Waals surface area contributed by atoms with Gasteiger partial charge in [-0.25, -0.2) is 32.9 Å². The van der Waals surface area contributed by atoms with E-state index in [2.05, 4.69) is 19.9 Å². The molecule has 4 fully saturated rings. The van der Waals surface area contributed by atoms with Crippen LogP contribution in [0.2, 0.25) is 0 Å². The predicted octanol–water partition coefficient (Wildman–Crippen LogP) is -2.57. The number of phosphoric acid groups is 3. The number of hydrogen-bond donors (Lipinski definition) is 9. The maximum Gasteiger partial charge on any atom is 0.472 e. The van der Waals surface area contributed by atoms with Crippen LogP contribution in [0.25, 0.3) is 0 Å². The first-order valence-corrected chi connectivity index (χ1v) is 27.7. The molecule has 4 aliphatic heterocycles. The highest BCUT2D eigenvalue weighted by atomic mass is 31.2. The predicted molar refractivity (Wildman–Crippen MR) is 253 cm³/mol. The van der Waals surface area contributed by atoms with E-state index >= 15 is 0 Å². The molecule has 4 aliphatic rings. The zero-order valence-electron chi connectivity index (χ0n) is 40.8. The number of aliphatic hydroxyl groups excluding tert-OH is 2. The molecule has 0 amide bonds. The van der Waals surface area contributed by atoms with E-state index in [9.17, 15) is 76.9 Å². The van der Waals surface area contributed by atoms with Gasteiger partial charge in [0.15, 0.2) is 0 Å². The smallest absolute Gasteiger partial charge is 0.394 e. The SMILES string of the molecule is Cc1cn([C@H]2C[C@H](OP(=O)(O)OC[C@H]3O[C@@H](n4cc(C)c(=O)[nH]c4=O)C[C@@H]3OP(=O)(O)OC[C@H]3O[C@@H](n4cc(C)c(=O)[nH]c4=O)C[C@@H]3OP(=O)(O)OC[C@H]3O[C@@H](n4cc(C)c(=O)[nH]c4=O)C[C@@H]3O)[C@@H](CO)O2)c(=O)[nH]c1=O. The fourth-order valence-corrected chi connectivity index (χ4v) is 11.6. The first-order valence-electron chi connectivity index (χ1n) is 23.3. The van der Waals surface area contributed by atoms with Crippen molar-refractivity contribution in [1.29, 1.82) is 0 Å². The number of nitrogens with zero attached hydrogens (tertiary/aromatic N) is 4. The van der Waals surface area contributed by atoms with Crippen LogP contribution in [0.3, 0.4) is 0 Å². The van der Waals surface area contributed by atoms with E-state index in [1.54, 1.807) is 0 Å². The Morgan fingerprint density at radius 2 is 0.727 bits per heavy atom. The molecule has 4 saturated heterocycles. The Balaban J connectivity index is 0.963. The Labute approximate surface area is 429 Å². The van der Waals surface area contributed by atoms with Crippen LogP contribution in [-0.4, -0.2) is 138 Å². The Hall–Kier alpha value is -5.19. The summed E-state index contributed by atoms with van der Waals surface area (Å²) in [6.45, 7) is 1.96. The van der Waals surface area contributed by atoms with E-state index in [4.69, 9.17) is 46.1 Å². The van der Waals surface area contributed by atoms with Crippen molar-refractivity contribution in [2.75, 3.05) is 26.4 Å². The van der Waals surface area contributed by atoms with E-state index < -0.39 is 181 Å². The molecule has 34 nitrogen and oxygen atoms in total. The van der Waals surface area contributed by atoms with Crippen LogP contribution >= 0.6 is 23.5 Å². The molecule has 424 valence electrons. The van der Waals surface area contributed by atoms with Crippen molar-refractivity contribution in [3.63, 3.8) is 0 Å². The molecule has 3 unspecified atom stereocenters. The molecule has 0 aromatic carbocycles. The number of aryl methyl sites for hydroxylation is 4. The van der Waals surface area contributed by atoms with E-state index in [-0.39, 0.29) is 35.1 Å². The summed E-state index contributed by atoms with van der Waals surface area (Å²) < 4.78 is 99.6. The van der Waals surface area contributed by atoms with Gasteiger partial charge in [-0.2, -0.15) is 0 Å². The van der Waals surface area contributed by atoms with Crippen molar-refractivity contribution in [3.05, 3.63) is 130 Å². The van der Waals surface area contributed by atoms with Crippen molar-refractivity contribution in [2.45, 2.75) is 127 Å². The molecule has 0 spiro atoms. The number of aliphatic hydroxyl groups is 2. The summed E-state index contributed by atoms with van der Waals surface area (Å²) in [5.74, 6) is 0. The summed E-state index contributed by atoms with van der Waals surface area (Å²) in [4.78, 5) is 140. The lowest BCUT2D eigenvalue weighted by Crippen LogP contribution is -2.33. The molecular weight excluding hydrogens is 1100 g/mol.